The lowest BCUT2D eigenvalue weighted by Gasteiger charge is -2.12. The molecule has 0 saturated carbocycles. The Balaban J connectivity index is 1.50. The molecule has 3 aromatic carbocycles. The Kier molecular flexibility index (Phi) is 4.42. The highest BCUT2D eigenvalue weighted by Crippen LogP contribution is 2.35. The van der Waals surface area contributed by atoms with Gasteiger partial charge in [-0.05, 0) is 24.3 Å². The van der Waals surface area contributed by atoms with Gasteiger partial charge in [0.1, 0.15) is 5.82 Å². The van der Waals surface area contributed by atoms with E-state index in [0.29, 0.717) is 11.8 Å². The average Bonchev–Trinajstić information content (AvgIpc) is 3.23. The van der Waals surface area contributed by atoms with E-state index in [1.54, 1.807) is 0 Å². The van der Waals surface area contributed by atoms with Crippen LogP contribution in [0.15, 0.2) is 84.9 Å². The van der Waals surface area contributed by atoms with Crippen LogP contribution in [0.4, 0.5) is 23.1 Å². The van der Waals surface area contributed by atoms with Gasteiger partial charge < -0.3 is 20.1 Å². The molecule has 0 atom stereocenters. The maximum Gasteiger partial charge on any atom is 0.231 e. The summed E-state index contributed by atoms with van der Waals surface area (Å²) in [5.74, 6) is 2.65. The van der Waals surface area contributed by atoms with E-state index in [4.69, 9.17) is 14.5 Å². The SMILES string of the molecule is c1ccc(Nc2nc(Nc3ccc4c(c3)OCO4)cc(-c3ccccc3)n2)cc1. The molecule has 6 heteroatoms. The standard InChI is InChI=1S/C23H18N4O2/c1-3-7-16(8-4-1)19-14-22(24-18-11-12-20-21(13-18)29-15-28-20)27-23(26-19)25-17-9-5-2-6-10-17/h1-14H,15H2,(H2,24,25,26,27). The first kappa shape index (κ1) is 17.1. The number of hydrogen-bond donors (Lipinski definition) is 2. The van der Waals surface area contributed by atoms with Crippen LogP contribution in [0.25, 0.3) is 11.3 Å². The predicted octanol–water partition coefficient (Wildman–Crippen LogP) is 5.36. The molecule has 2 N–H and O–H groups in total. The molecular formula is C23H18N4O2. The van der Waals surface area contributed by atoms with E-state index in [1.807, 2.05) is 84.9 Å². The summed E-state index contributed by atoms with van der Waals surface area (Å²) in [5.41, 5.74) is 3.62. The first-order chi connectivity index (χ1) is 14.3. The molecule has 4 aromatic rings. The quantitative estimate of drug-likeness (QED) is 0.484. The number of ether oxygens (including phenoxy) is 2. The van der Waals surface area contributed by atoms with Crippen molar-refractivity contribution < 1.29 is 9.47 Å². The van der Waals surface area contributed by atoms with Crippen LogP contribution in [0.5, 0.6) is 11.5 Å². The van der Waals surface area contributed by atoms with Gasteiger partial charge in [0.05, 0.1) is 5.69 Å². The van der Waals surface area contributed by atoms with Crippen LogP contribution >= 0.6 is 0 Å². The van der Waals surface area contributed by atoms with Crippen LogP contribution in [0.3, 0.4) is 0 Å². The van der Waals surface area contributed by atoms with E-state index in [0.717, 1.165) is 34.1 Å². The molecule has 1 aliphatic rings. The van der Waals surface area contributed by atoms with E-state index < -0.39 is 0 Å². The zero-order chi connectivity index (χ0) is 19.5. The van der Waals surface area contributed by atoms with Crippen LogP contribution in [0.1, 0.15) is 0 Å². The number of rotatable bonds is 5. The summed E-state index contributed by atoms with van der Waals surface area (Å²) in [6.07, 6.45) is 0. The minimum atomic E-state index is 0.246. The molecule has 0 aliphatic carbocycles. The smallest absolute Gasteiger partial charge is 0.231 e. The minimum absolute atomic E-state index is 0.246. The molecule has 6 nitrogen and oxygen atoms in total. The Labute approximate surface area is 168 Å². The van der Waals surface area contributed by atoms with Gasteiger partial charge in [0.2, 0.25) is 12.7 Å². The zero-order valence-corrected chi connectivity index (χ0v) is 15.5. The molecule has 5 rings (SSSR count). The third-order valence-electron chi connectivity index (χ3n) is 4.47. The third kappa shape index (κ3) is 3.82. The number of anilines is 4. The number of nitrogens with zero attached hydrogens (tertiary/aromatic N) is 2. The van der Waals surface area contributed by atoms with Gasteiger partial charge in [0.15, 0.2) is 11.5 Å². The van der Waals surface area contributed by atoms with Crippen LogP contribution in [0, 0.1) is 0 Å². The highest BCUT2D eigenvalue weighted by atomic mass is 16.7. The average molecular weight is 382 g/mol. The van der Waals surface area contributed by atoms with Crippen LogP contribution < -0.4 is 20.1 Å². The summed E-state index contributed by atoms with van der Waals surface area (Å²) in [5, 5.41) is 6.62. The van der Waals surface area contributed by atoms with Gasteiger partial charge in [0, 0.05) is 29.1 Å². The largest absolute Gasteiger partial charge is 0.454 e. The summed E-state index contributed by atoms with van der Waals surface area (Å²) in [6, 6.07) is 27.5. The van der Waals surface area contributed by atoms with Crippen LogP contribution in [-0.2, 0) is 0 Å². The van der Waals surface area contributed by atoms with Crippen molar-refractivity contribution in [2.75, 3.05) is 17.4 Å². The highest BCUT2D eigenvalue weighted by molar-refractivity contribution is 5.69. The Morgan fingerprint density at radius 3 is 2.24 bits per heavy atom. The molecule has 0 bridgehead atoms. The van der Waals surface area contributed by atoms with Crippen LogP contribution in [0.2, 0.25) is 0 Å². The van der Waals surface area contributed by atoms with E-state index in [9.17, 15) is 0 Å². The molecule has 0 amide bonds. The lowest BCUT2D eigenvalue weighted by atomic mass is 10.1. The molecule has 2 heterocycles. The maximum atomic E-state index is 5.47. The monoisotopic (exact) mass is 382 g/mol. The fraction of sp³-hybridized carbons (Fsp3) is 0.0435. The number of hydrogen-bond acceptors (Lipinski definition) is 6. The van der Waals surface area contributed by atoms with Crippen molar-refractivity contribution in [3.05, 3.63) is 84.9 Å². The van der Waals surface area contributed by atoms with E-state index in [2.05, 4.69) is 15.6 Å². The zero-order valence-electron chi connectivity index (χ0n) is 15.5. The van der Waals surface area contributed by atoms with E-state index in [1.165, 1.54) is 0 Å². The van der Waals surface area contributed by atoms with Crippen molar-refractivity contribution in [1.82, 2.24) is 9.97 Å². The van der Waals surface area contributed by atoms with Gasteiger partial charge in [-0.15, -0.1) is 0 Å². The number of fused-ring (bicyclic) bond motifs is 1. The van der Waals surface area contributed by atoms with Gasteiger partial charge in [0.25, 0.3) is 0 Å². The summed E-state index contributed by atoms with van der Waals surface area (Å²) < 4.78 is 10.8. The molecule has 0 unspecified atom stereocenters. The molecule has 0 radical (unpaired) electrons. The molecule has 142 valence electrons. The molecule has 0 saturated heterocycles. The van der Waals surface area contributed by atoms with Crippen molar-refractivity contribution in [2.24, 2.45) is 0 Å². The Morgan fingerprint density at radius 2 is 1.41 bits per heavy atom. The first-order valence-corrected chi connectivity index (χ1v) is 9.27. The summed E-state index contributed by atoms with van der Waals surface area (Å²) in [7, 11) is 0. The maximum absolute atomic E-state index is 5.47. The Hall–Kier alpha value is -4.06. The van der Waals surface area contributed by atoms with E-state index in [-0.39, 0.29) is 6.79 Å². The second-order valence-corrected chi connectivity index (χ2v) is 6.51. The topological polar surface area (TPSA) is 68.3 Å². The second kappa shape index (κ2) is 7.52. The normalized spacial score (nSPS) is 11.9. The van der Waals surface area contributed by atoms with Crippen LogP contribution in [-0.4, -0.2) is 16.8 Å². The summed E-state index contributed by atoms with van der Waals surface area (Å²) >= 11 is 0. The van der Waals surface area contributed by atoms with Crippen molar-refractivity contribution in [3.63, 3.8) is 0 Å². The second-order valence-electron chi connectivity index (χ2n) is 6.51. The van der Waals surface area contributed by atoms with Gasteiger partial charge in [-0.2, -0.15) is 4.98 Å². The first-order valence-electron chi connectivity index (χ1n) is 9.27. The number of benzene rings is 3. The van der Waals surface area contributed by atoms with Gasteiger partial charge in [-0.3, -0.25) is 0 Å². The molecular weight excluding hydrogens is 364 g/mol. The van der Waals surface area contributed by atoms with Gasteiger partial charge in [-0.1, -0.05) is 48.5 Å². The molecule has 0 spiro atoms. The molecule has 1 aliphatic heterocycles. The van der Waals surface area contributed by atoms with Gasteiger partial charge in [-0.25, -0.2) is 4.98 Å². The third-order valence-corrected chi connectivity index (χ3v) is 4.47. The lowest BCUT2D eigenvalue weighted by Crippen LogP contribution is -2.02. The summed E-state index contributed by atoms with van der Waals surface area (Å²) in [4.78, 5) is 9.33. The molecule has 1 aromatic heterocycles. The van der Waals surface area contributed by atoms with Crippen molar-refractivity contribution in [3.8, 4) is 22.8 Å². The number of nitrogens with one attached hydrogen (secondary N) is 2. The van der Waals surface area contributed by atoms with Crippen molar-refractivity contribution in [2.45, 2.75) is 0 Å². The fourth-order valence-electron chi connectivity index (χ4n) is 3.10. The molecule has 29 heavy (non-hydrogen) atoms. The Bertz CT molecular complexity index is 1130. The number of aromatic nitrogens is 2. The summed E-state index contributed by atoms with van der Waals surface area (Å²) in [6.45, 7) is 0.246. The van der Waals surface area contributed by atoms with Crippen molar-refractivity contribution >= 4 is 23.1 Å². The van der Waals surface area contributed by atoms with Gasteiger partial charge >= 0.3 is 0 Å². The fourth-order valence-corrected chi connectivity index (χ4v) is 3.10. The molecule has 0 fully saturated rings. The minimum Gasteiger partial charge on any atom is -0.454 e. The Morgan fingerprint density at radius 1 is 0.655 bits per heavy atom. The van der Waals surface area contributed by atoms with Crippen molar-refractivity contribution in [1.29, 1.82) is 0 Å². The predicted molar refractivity (Wildman–Crippen MR) is 113 cm³/mol. The highest BCUT2D eigenvalue weighted by Gasteiger charge is 2.14. The van der Waals surface area contributed by atoms with E-state index >= 15 is 0 Å². The number of para-hydroxylation sites is 1. The lowest BCUT2D eigenvalue weighted by molar-refractivity contribution is 0.174.